The van der Waals surface area contributed by atoms with Crippen LogP contribution in [0, 0.1) is 0 Å². The highest BCUT2D eigenvalue weighted by molar-refractivity contribution is 5.87. The molecule has 5 heteroatoms. The number of halogens is 1. The van der Waals surface area contributed by atoms with E-state index in [9.17, 15) is 4.79 Å². The molecule has 0 bridgehead atoms. The number of amides is 1. The van der Waals surface area contributed by atoms with Crippen LogP contribution in [0.15, 0.2) is 61.2 Å². The molecule has 1 fully saturated rings. The molecule has 0 unspecified atom stereocenters. The summed E-state index contributed by atoms with van der Waals surface area (Å²) in [5, 5.41) is 0. The van der Waals surface area contributed by atoms with Gasteiger partial charge in [0.05, 0.1) is 6.61 Å². The summed E-state index contributed by atoms with van der Waals surface area (Å²) in [6.45, 7) is 12.9. The molecule has 162 valence electrons. The zero-order chi connectivity index (χ0) is 20.6. The first-order valence-electron chi connectivity index (χ1n) is 10.5. The van der Waals surface area contributed by atoms with Gasteiger partial charge in [0.15, 0.2) is 0 Å². The van der Waals surface area contributed by atoms with Gasteiger partial charge in [-0.25, -0.2) is 0 Å². The Bertz CT molecular complexity index is 795. The maximum atomic E-state index is 11.7. The Balaban J connectivity index is 0.00000320. The van der Waals surface area contributed by atoms with Gasteiger partial charge in [-0.15, -0.1) is 12.4 Å². The molecule has 0 spiro atoms. The zero-order valence-corrected chi connectivity index (χ0v) is 18.9. The highest BCUT2D eigenvalue weighted by atomic mass is 35.5. The minimum absolute atomic E-state index is 0. The minimum atomic E-state index is 0. The van der Waals surface area contributed by atoms with Crippen molar-refractivity contribution in [3.63, 3.8) is 0 Å². The van der Waals surface area contributed by atoms with E-state index in [-0.39, 0.29) is 18.3 Å². The summed E-state index contributed by atoms with van der Waals surface area (Å²) < 4.78 is 5.89. The van der Waals surface area contributed by atoms with E-state index in [0.717, 1.165) is 44.9 Å². The van der Waals surface area contributed by atoms with E-state index in [1.807, 2.05) is 4.90 Å². The van der Waals surface area contributed by atoms with Gasteiger partial charge < -0.3 is 9.64 Å². The Morgan fingerprint density at radius 1 is 1.00 bits per heavy atom. The molecule has 0 radical (unpaired) electrons. The third kappa shape index (κ3) is 6.89. The normalized spacial score (nSPS) is 14.3. The van der Waals surface area contributed by atoms with Gasteiger partial charge in [0, 0.05) is 39.1 Å². The maximum absolute atomic E-state index is 11.7. The van der Waals surface area contributed by atoms with Gasteiger partial charge in [-0.05, 0) is 40.8 Å². The molecular weight excluding hydrogens is 396 g/mol. The van der Waals surface area contributed by atoms with Gasteiger partial charge in [-0.2, -0.15) is 0 Å². The van der Waals surface area contributed by atoms with E-state index < -0.39 is 0 Å². The lowest BCUT2D eigenvalue weighted by atomic mass is 10.0. The van der Waals surface area contributed by atoms with Crippen LogP contribution in [0.25, 0.3) is 0 Å². The van der Waals surface area contributed by atoms with Crippen molar-refractivity contribution < 1.29 is 9.53 Å². The first kappa shape index (κ1) is 24.0. The molecule has 1 aliphatic rings. The lowest BCUT2D eigenvalue weighted by Gasteiger charge is -2.34. The van der Waals surface area contributed by atoms with Crippen molar-refractivity contribution >= 4 is 18.3 Å². The van der Waals surface area contributed by atoms with Crippen molar-refractivity contribution in [2.45, 2.75) is 32.7 Å². The number of carbonyl (C=O) groups excluding carboxylic acids is 1. The number of rotatable bonds is 8. The van der Waals surface area contributed by atoms with E-state index in [1.165, 1.54) is 22.8 Å². The molecular formula is C25H33ClN2O2. The van der Waals surface area contributed by atoms with E-state index >= 15 is 0 Å². The highest BCUT2D eigenvalue weighted by Crippen LogP contribution is 2.19. The number of piperazine rings is 1. The van der Waals surface area contributed by atoms with Crippen LogP contribution in [0.5, 0.6) is 5.75 Å². The van der Waals surface area contributed by atoms with E-state index in [0.29, 0.717) is 12.5 Å². The van der Waals surface area contributed by atoms with Crippen molar-refractivity contribution in [1.29, 1.82) is 0 Å². The van der Waals surface area contributed by atoms with Crippen LogP contribution in [0.1, 0.15) is 36.5 Å². The monoisotopic (exact) mass is 428 g/mol. The molecule has 1 aliphatic heterocycles. The van der Waals surface area contributed by atoms with Crippen LogP contribution in [-0.2, 0) is 17.8 Å². The van der Waals surface area contributed by atoms with Gasteiger partial charge >= 0.3 is 0 Å². The molecule has 4 nitrogen and oxygen atoms in total. The molecule has 0 N–H and O–H groups in total. The van der Waals surface area contributed by atoms with Gasteiger partial charge in [0.25, 0.3) is 0 Å². The van der Waals surface area contributed by atoms with Crippen LogP contribution in [0.2, 0.25) is 0 Å². The summed E-state index contributed by atoms with van der Waals surface area (Å²) in [5.41, 5.74) is 3.93. The summed E-state index contributed by atoms with van der Waals surface area (Å²) in [5.74, 6) is 1.51. The number of ether oxygens (including phenoxy) is 1. The Morgan fingerprint density at radius 3 is 2.17 bits per heavy atom. The number of hydrogen-bond acceptors (Lipinski definition) is 3. The molecule has 0 saturated carbocycles. The SMILES string of the molecule is C=CC(=O)N1CCN(Cc2ccc(CCOc3ccc(C(C)C)cc3)cc2)CC1.Cl. The third-order valence-corrected chi connectivity index (χ3v) is 5.49. The summed E-state index contributed by atoms with van der Waals surface area (Å²) in [6, 6.07) is 17.2. The fourth-order valence-corrected chi connectivity index (χ4v) is 3.56. The van der Waals surface area contributed by atoms with E-state index in [4.69, 9.17) is 4.74 Å². The Labute approximate surface area is 186 Å². The Morgan fingerprint density at radius 2 is 1.60 bits per heavy atom. The second-order valence-corrected chi connectivity index (χ2v) is 7.94. The molecule has 3 rings (SSSR count). The topological polar surface area (TPSA) is 32.8 Å². The number of benzene rings is 2. The number of hydrogen-bond donors (Lipinski definition) is 0. The van der Waals surface area contributed by atoms with Crippen LogP contribution in [-0.4, -0.2) is 48.5 Å². The predicted molar refractivity (Wildman–Crippen MR) is 125 cm³/mol. The molecule has 0 aromatic heterocycles. The zero-order valence-electron chi connectivity index (χ0n) is 18.0. The molecule has 0 aliphatic carbocycles. The van der Waals surface area contributed by atoms with E-state index in [2.05, 4.69) is 73.9 Å². The van der Waals surface area contributed by atoms with Gasteiger partial charge in [0.2, 0.25) is 5.91 Å². The van der Waals surface area contributed by atoms with Crippen LogP contribution in [0.3, 0.4) is 0 Å². The smallest absolute Gasteiger partial charge is 0.246 e. The van der Waals surface area contributed by atoms with Crippen molar-refractivity contribution in [1.82, 2.24) is 9.80 Å². The van der Waals surface area contributed by atoms with Crippen molar-refractivity contribution in [2.24, 2.45) is 0 Å². The number of carbonyl (C=O) groups is 1. The van der Waals surface area contributed by atoms with Crippen LogP contribution in [0.4, 0.5) is 0 Å². The van der Waals surface area contributed by atoms with Crippen molar-refractivity contribution in [2.75, 3.05) is 32.8 Å². The third-order valence-electron chi connectivity index (χ3n) is 5.49. The summed E-state index contributed by atoms with van der Waals surface area (Å²) in [6.07, 6.45) is 2.30. The lowest BCUT2D eigenvalue weighted by molar-refractivity contribution is -0.127. The predicted octanol–water partition coefficient (Wildman–Crippen LogP) is 4.68. The largest absolute Gasteiger partial charge is 0.493 e. The Kier molecular flexibility index (Phi) is 9.41. The fraction of sp³-hybridized carbons (Fsp3) is 0.400. The van der Waals surface area contributed by atoms with Gasteiger partial charge in [-0.3, -0.25) is 9.69 Å². The molecule has 1 heterocycles. The summed E-state index contributed by atoms with van der Waals surface area (Å²) >= 11 is 0. The average Bonchev–Trinajstić information content (AvgIpc) is 2.75. The lowest BCUT2D eigenvalue weighted by Crippen LogP contribution is -2.47. The minimum Gasteiger partial charge on any atom is -0.493 e. The summed E-state index contributed by atoms with van der Waals surface area (Å²) in [4.78, 5) is 15.9. The first-order chi connectivity index (χ1) is 14.0. The second-order valence-electron chi connectivity index (χ2n) is 7.94. The molecule has 30 heavy (non-hydrogen) atoms. The first-order valence-corrected chi connectivity index (χ1v) is 10.5. The van der Waals surface area contributed by atoms with Crippen LogP contribution >= 0.6 is 12.4 Å². The standard InChI is InChI=1S/C25H32N2O2.ClH/c1-4-25(28)27-16-14-26(15-17-27)19-22-7-5-21(6-8-22)13-18-29-24-11-9-23(10-12-24)20(2)3;/h4-12,20H,1,13-19H2,2-3H3;1H. The van der Waals surface area contributed by atoms with Gasteiger partial charge in [0.1, 0.15) is 5.75 Å². The van der Waals surface area contributed by atoms with Gasteiger partial charge in [-0.1, -0.05) is 56.8 Å². The number of nitrogens with zero attached hydrogens (tertiary/aromatic N) is 2. The van der Waals surface area contributed by atoms with Crippen molar-refractivity contribution in [3.8, 4) is 5.75 Å². The van der Waals surface area contributed by atoms with E-state index in [1.54, 1.807) is 0 Å². The molecule has 1 saturated heterocycles. The fourth-order valence-electron chi connectivity index (χ4n) is 3.56. The molecule has 2 aromatic carbocycles. The molecule has 0 atom stereocenters. The maximum Gasteiger partial charge on any atom is 0.246 e. The summed E-state index contributed by atoms with van der Waals surface area (Å²) in [7, 11) is 0. The Hall–Kier alpha value is -2.30. The quantitative estimate of drug-likeness (QED) is 0.572. The average molecular weight is 429 g/mol. The second kappa shape index (κ2) is 11.8. The van der Waals surface area contributed by atoms with Crippen molar-refractivity contribution in [3.05, 3.63) is 77.9 Å². The highest BCUT2D eigenvalue weighted by Gasteiger charge is 2.19. The molecule has 1 amide bonds. The van der Waals surface area contributed by atoms with Crippen LogP contribution < -0.4 is 4.74 Å². The molecule has 2 aromatic rings.